The Morgan fingerprint density at radius 2 is 1.81 bits per heavy atom. The predicted molar refractivity (Wildman–Crippen MR) is 73.6 cm³/mol. The van der Waals surface area contributed by atoms with Gasteiger partial charge in [0.25, 0.3) is 0 Å². The molecule has 0 bridgehead atoms. The Morgan fingerprint density at radius 3 is 2.43 bits per heavy atom. The molecule has 0 spiro atoms. The molecule has 21 heavy (non-hydrogen) atoms. The highest BCUT2D eigenvalue weighted by Gasteiger charge is 2.30. The Kier molecular flexibility index (Phi) is 4.46. The summed E-state index contributed by atoms with van der Waals surface area (Å²) < 4.78 is 51.3. The molecule has 0 saturated heterocycles. The van der Waals surface area contributed by atoms with Gasteiger partial charge in [-0.2, -0.15) is 13.2 Å². The van der Waals surface area contributed by atoms with E-state index in [0.717, 1.165) is 18.2 Å². The van der Waals surface area contributed by atoms with Gasteiger partial charge in [0.2, 0.25) is 0 Å². The first-order chi connectivity index (χ1) is 9.77. The van der Waals surface area contributed by atoms with Gasteiger partial charge >= 0.3 is 6.18 Å². The maximum absolute atomic E-state index is 13.4. The van der Waals surface area contributed by atoms with Crippen molar-refractivity contribution in [1.82, 2.24) is 0 Å². The minimum Gasteiger partial charge on any atom is -0.294 e. The van der Waals surface area contributed by atoms with E-state index in [4.69, 9.17) is 0 Å². The second-order valence-corrected chi connectivity index (χ2v) is 5.28. The normalized spacial score (nSPS) is 11.5. The van der Waals surface area contributed by atoms with Crippen molar-refractivity contribution >= 4 is 21.7 Å². The van der Waals surface area contributed by atoms with E-state index in [1.807, 2.05) is 0 Å². The van der Waals surface area contributed by atoms with E-state index in [1.54, 1.807) is 0 Å². The number of alkyl halides is 3. The van der Waals surface area contributed by atoms with Crippen molar-refractivity contribution in [3.8, 4) is 0 Å². The first kappa shape index (κ1) is 15.7. The third kappa shape index (κ3) is 3.91. The quantitative estimate of drug-likeness (QED) is 0.554. The van der Waals surface area contributed by atoms with Crippen molar-refractivity contribution in [2.75, 3.05) is 0 Å². The Bertz CT molecular complexity index is 680. The van der Waals surface area contributed by atoms with Crippen LogP contribution < -0.4 is 0 Å². The monoisotopic (exact) mass is 360 g/mol. The molecule has 1 nitrogen and oxygen atoms in total. The van der Waals surface area contributed by atoms with Gasteiger partial charge in [0.05, 0.1) is 10.0 Å². The Balaban J connectivity index is 2.21. The average Bonchev–Trinajstić information content (AvgIpc) is 2.41. The van der Waals surface area contributed by atoms with Gasteiger partial charge in [-0.15, -0.1) is 0 Å². The largest absolute Gasteiger partial charge is 0.416 e. The molecule has 2 aromatic carbocycles. The van der Waals surface area contributed by atoms with Crippen molar-refractivity contribution in [1.29, 1.82) is 0 Å². The highest BCUT2D eigenvalue weighted by Crippen LogP contribution is 2.29. The van der Waals surface area contributed by atoms with Crippen LogP contribution in [-0.2, 0) is 12.6 Å². The van der Waals surface area contributed by atoms with Crippen LogP contribution >= 0.6 is 15.9 Å². The Labute approximate surface area is 126 Å². The van der Waals surface area contributed by atoms with Crippen molar-refractivity contribution in [3.63, 3.8) is 0 Å². The molecule has 2 rings (SSSR count). The van der Waals surface area contributed by atoms with Crippen LogP contribution in [0.25, 0.3) is 0 Å². The minimum absolute atomic E-state index is 0.119. The van der Waals surface area contributed by atoms with E-state index < -0.39 is 23.3 Å². The summed E-state index contributed by atoms with van der Waals surface area (Å²) in [6, 6.07) is 8.40. The topological polar surface area (TPSA) is 17.1 Å². The molecule has 0 aromatic heterocycles. The SMILES string of the molecule is O=C(Cc1cccc(C(F)(F)F)c1)c1ccc(Br)c(F)c1. The van der Waals surface area contributed by atoms with Crippen molar-refractivity contribution < 1.29 is 22.4 Å². The van der Waals surface area contributed by atoms with Crippen LogP contribution in [0.2, 0.25) is 0 Å². The lowest BCUT2D eigenvalue weighted by atomic mass is 10.0. The summed E-state index contributed by atoms with van der Waals surface area (Å²) >= 11 is 2.97. The van der Waals surface area contributed by atoms with Crippen LogP contribution in [0.1, 0.15) is 21.5 Å². The minimum atomic E-state index is -4.46. The standard InChI is InChI=1S/C15H9BrF4O/c16-12-5-4-10(8-13(12)17)14(21)7-9-2-1-3-11(6-9)15(18,19)20/h1-6,8H,7H2. The lowest BCUT2D eigenvalue weighted by molar-refractivity contribution is -0.137. The summed E-state index contributed by atoms with van der Waals surface area (Å²) in [5, 5.41) is 0. The summed E-state index contributed by atoms with van der Waals surface area (Å²) in [4.78, 5) is 12.0. The van der Waals surface area contributed by atoms with Crippen LogP contribution in [0.3, 0.4) is 0 Å². The van der Waals surface area contributed by atoms with Crippen LogP contribution in [0.5, 0.6) is 0 Å². The fraction of sp³-hybridized carbons (Fsp3) is 0.133. The van der Waals surface area contributed by atoms with Gasteiger partial charge in [-0.05, 0) is 39.7 Å². The molecule has 0 aliphatic rings. The number of halogens is 5. The number of rotatable bonds is 3. The van der Waals surface area contributed by atoms with Gasteiger partial charge in [0.15, 0.2) is 5.78 Å². The molecule has 0 atom stereocenters. The summed E-state index contributed by atoms with van der Waals surface area (Å²) in [6.45, 7) is 0. The van der Waals surface area contributed by atoms with E-state index in [2.05, 4.69) is 15.9 Å². The Hall–Kier alpha value is -1.69. The summed E-state index contributed by atoms with van der Waals surface area (Å²) in [5.74, 6) is -1.04. The fourth-order valence-electron chi connectivity index (χ4n) is 1.81. The first-order valence-electron chi connectivity index (χ1n) is 5.92. The van der Waals surface area contributed by atoms with Crippen LogP contribution in [0.4, 0.5) is 17.6 Å². The fourth-order valence-corrected chi connectivity index (χ4v) is 2.06. The molecule has 0 unspecified atom stereocenters. The second-order valence-electron chi connectivity index (χ2n) is 4.43. The second kappa shape index (κ2) is 5.97. The average molecular weight is 361 g/mol. The highest BCUT2D eigenvalue weighted by molar-refractivity contribution is 9.10. The number of Topliss-reactive ketones (excluding diaryl/α,β-unsaturated/α-hetero) is 1. The van der Waals surface area contributed by atoms with E-state index >= 15 is 0 Å². The highest BCUT2D eigenvalue weighted by atomic mass is 79.9. The van der Waals surface area contributed by atoms with Gasteiger partial charge in [0.1, 0.15) is 5.82 Å². The third-order valence-electron chi connectivity index (χ3n) is 2.86. The number of benzene rings is 2. The zero-order valence-electron chi connectivity index (χ0n) is 10.5. The Morgan fingerprint density at radius 1 is 1.10 bits per heavy atom. The summed E-state index contributed by atoms with van der Waals surface area (Å²) in [6.07, 6.45) is -4.67. The van der Waals surface area contributed by atoms with Crippen molar-refractivity contribution in [2.24, 2.45) is 0 Å². The molecule has 0 amide bonds. The molecule has 0 fully saturated rings. The predicted octanol–water partition coefficient (Wildman–Crippen LogP) is 5.03. The molecule has 0 N–H and O–H groups in total. The molecule has 0 saturated carbocycles. The van der Waals surface area contributed by atoms with E-state index in [9.17, 15) is 22.4 Å². The van der Waals surface area contributed by atoms with Gasteiger partial charge in [-0.25, -0.2) is 4.39 Å². The molecular formula is C15H9BrF4O. The molecule has 6 heteroatoms. The maximum Gasteiger partial charge on any atom is 0.416 e. The lowest BCUT2D eigenvalue weighted by Gasteiger charge is -2.08. The van der Waals surface area contributed by atoms with Crippen LogP contribution in [-0.4, -0.2) is 5.78 Å². The van der Waals surface area contributed by atoms with Gasteiger partial charge in [0, 0.05) is 12.0 Å². The molecule has 0 radical (unpaired) electrons. The summed E-state index contributed by atoms with van der Waals surface area (Å²) in [7, 11) is 0. The van der Waals surface area contributed by atoms with Crippen LogP contribution in [0.15, 0.2) is 46.9 Å². The molecular weight excluding hydrogens is 352 g/mol. The zero-order valence-corrected chi connectivity index (χ0v) is 12.1. The lowest BCUT2D eigenvalue weighted by Crippen LogP contribution is -2.08. The van der Waals surface area contributed by atoms with E-state index in [-0.39, 0.29) is 22.0 Å². The first-order valence-corrected chi connectivity index (χ1v) is 6.71. The zero-order chi connectivity index (χ0) is 15.6. The molecule has 2 aromatic rings. The third-order valence-corrected chi connectivity index (χ3v) is 3.50. The summed E-state index contributed by atoms with van der Waals surface area (Å²) in [5.41, 5.74) is -0.457. The molecule has 110 valence electrons. The van der Waals surface area contributed by atoms with Crippen LogP contribution in [0, 0.1) is 5.82 Å². The number of ketones is 1. The number of hydrogen-bond acceptors (Lipinski definition) is 1. The maximum atomic E-state index is 13.4. The van der Waals surface area contributed by atoms with Crippen molar-refractivity contribution in [3.05, 3.63) is 69.4 Å². The molecule has 0 aliphatic heterocycles. The molecule has 0 aliphatic carbocycles. The molecule has 0 heterocycles. The van der Waals surface area contributed by atoms with Gasteiger partial charge < -0.3 is 0 Å². The van der Waals surface area contributed by atoms with Gasteiger partial charge in [-0.3, -0.25) is 4.79 Å². The smallest absolute Gasteiger partial charge is 0.294 e. The van der Waals surface area contributed by atoms with Gasteiger partial charge in [-0.1, -0.05) is 24.3 Å². The van der Waals surface area contributed by atoms with E-state index in [1.165, 1.54) is 24.3 Å². The van der Waals surface area contributed by atoms with Crippen molar-refractivity contribution in [2.45, 2.75) is 12.6 Å². The number of hydrogen-bond donors (Lipinski definition) is 0. The number of carbonyl (C=O) groups excluding carboxylic acids is 1. The van der Waals surface area contributed by atoms with E-state index in [0.29, 0.717) is 0 Å². The number of carbonyl (C=O) groups is 1.